The molecule has 0 radical (unpaired) electrons. The van der Waals surface area contributed by atoms with Crippen LogP contribution in [0.1, 0.15) is 18.5 Å². The molecule has 1 aromatic heterocycles. The Morgan fingerprint density at radius 1 is 1.24 bits per heavy atom. The van der Waals surface area contributed by atoms with Crippen molar-refractivity contribution >= 4 is 10.9 Å². The molecule has 0 amide bonds. The van der Waals surface area contributed by atoms with E-state index in [9.17, 15) is 4.39 Å². The maximum Gasteiger partial charge on any atom is 0.132 e. The zero-order valence-corrected chi connectivity index (χ0v) is 10.1. The molecule has 2 nitrogen and oxygen atoms in total. The zero-order valence-electron chi connectivity index (χ0n) is 10.1. The summed E-state index contributed by atoms with van der Waals surface area (Å²) in [5, 5.41) is 0.740. The quantitative estimate of drug-likeness (QED) is 0.773. The minimum atomic E-state index is -0.120. The predicted octanol–water partition coefficient (Wildman–Crippen LogP) is 2.91. The standard InChI is InChI=1S/C14H17FN2/c1-16-11(10-17-7-2-3-8-17)9-12-13(15)5-4-6-14(12)16/h4-6,9H,2-3,7-8,10H2,1H3. The third-order valence-electron chi connectivity index (χ3n) is 3.72. The molecule has 17 heavy (non-hydrogen) atoms. The van der Waals surface area contributed by atoms with Crippen LogP contribution in [-0.4, -0.2) is 22.6 Å². The lowest BCUT2D eigenvalue weighted by Gasteiger charge is -2.14. The van der Waals surface area contributed by atoms with Crippen molar-refractivity contribution in [2.75, 3.05) is 13.1 Å². The first-order chi connectivity index (χ1) is 8.25. The molecule has 3 heteroatoms. The molecule has 1 aromatic carbocycles. The summed E-state index contributed by atoms with van der Waals surface area (Å²) in [4.78, 5) is 2.44. The Labute approximate surface area is 101 Å². The topological polar surface area (TPSA) is 8.17 Å². The van der Waals surface area contributed by atoms with Crippen molar-refractivity contribution in [2.45, 2.75) is 19.4 Å². The molecule has 0 atom stereocenters. The first kappa shape index (κ1) is 10.8. The van der Waals surface area contributed by atoms with Crippen molar-refractivity contribution in [3.8, 4) is 0 Å². The van der Waals surface area contributed by atoms with Crippen LogP contribution < -0.4 is 0 Å². The minimum Gasteiger partial charge on any atom is -0.346 e. The molecule has 0 spiro atoms. The van der Waals surface area contributed by atoms with E-state index in [4.69, 9.17) is 0 Å². The number of rotatable bonds is 2. The van der Waals surface area contributed by atoms with Gasteiger partial charge >= 0.3 is 0 Å². The maximum absolute atomic E-state index is 13.7. The predicted molar refractivity (Wildman–Crippen MR) is 67.4 cm³/mol. The van der Waals surface area contributed by atoms with Gasteiger partial charge in [-0.3, -0.25) is 4.90 Å². The Balaban J connectivity index is 1.99. The first-order valence-corrected chi connectivity index (χ1v) is 6.21. The van der Waals surface area contributed by atoms with Crippen LogP contribution in [0.2, 0.25) is 0 Å². The molecule has 0 saturated carbocycles. The van der Waals surface area contributed by atoms with Crippen molar-refractivity contribution in [3.05, 3.63) is 35.8 Å². The Hall–Kier alpha value is -1.35. The van der Waals surface area contributed by atoms with E-state index in [0.29, 0.717) is 0 Å². The van der Waals surface area contributed by atoms with E-state index >= 15 is 0 Å². The van der Waals surface area contributed by atoms with E-state index < -0.39 is 0 Å². The van der Waals surface area contributed by atoms with Crippen LogP contribution in [-0.2, 0) is 13.6 Å². The fraction of sp³-hybridized carbons (Fsp3) is 0.429. The third-order valence-corrected chi connectivity index (χ3v) is 3.72. The molecular weight excluding hydrogens is 215 g/mol. The highest BCUT2D eigenvalue weighted by molar-refractivity contribution is 5.81. The van der Waals surface area contributed by atoms with Crippen molar-refractivity contribution in [2.24, 2.45) is 7.05 Å². The first-order valence-electron chi connectivity index (χ1n) is 6.21. The van der Waals surface area contributed by atoms with Crippen LogP contribution in [0.25, 0.3) is 10.9 Å². The van der Waals surface area contributed by atoms with Crippen LogP contribution >= 0.6 is 0 Å². The Morgan fingerprint density at radius 3 is 2.71 bits per heavy atom. The molecule has 2 aromatic rings. The number of halogens is 1. The Morgan fingerprint density at radius 2 is 2.00 bits per heavy atom. The highest BCUT2D eigenvalue weighted by atomic mass is 19.1. The number of hydrogen-bond donors (Lipinski definition) is 0. The number of aryl methyl sites for hydroxylation is 1. The second-order valence-corrected chi connectivity index (χ2v) is 4.85. The second-order valence-electron chi connectivity index (χ2n) is 4.85. The Bertz CT molecular complexity index is 538. The fourth-order valence-electron chi connectivity index (χ4n) is 2.70. The van der Waals surface area contributed by atoms with Gasteiger partial charge in [0.15, 0.2) is 0 Å². The molecule has 0 aliphatic carbocycles. The number of benzene rings is 1. The van der Waals surface area contributed by atoms with Gasteiger partial charge in [0, 0.05) is 24.7 Å². The molecule has 0 bridgehead atoms. The summed E-state index contributed by atoms with van der Waals surface area (Å²) in [5.74, 6) is -0.120. The number of fused-ring (bicyclic) bond motifs is 1. The highest BCUT2D eigenvalue weighted by Gasteiger charge is 2.15. The van der Waals surface area contributed by atoms with E-state index in [1.165, 1.54) is 37.7 Å². The summed E-state index contributed by atoms with van der Waals surface area (Å²) in [7, 11) is 2.02. The van der Waals surface area contributed by atoms with Crippen LogP contribution in [0.3, 0.4) is 0 Å². The summed E-state index contributed by atoms with van der Waals surface area (Å²) >= 11 is 0. The molecule has 3 rings (SSSR count). The molecule has 0 N–H and O–H groups in total. The van der Waals surface area contributed by atoms with E-state index in [1.54, 1.807) is 6.07 Å². The van der Waals surface area contributed by atoms with E-state index in [-0.39, 0.29) is 5.82 Å². The van der Waals surface area contributed by atoms with E-state index in [1.807, 2.05) is 19.2 Å². The lowest BCUT2D eigenvalue weighted by molar-refractivity contribution is 0.324. The van der Waals surface area contributed by atoms with Gasteiger partial charge in [0.2, 0.25) is 0 Å². The van der Waals surface area contributed by atoms with Crippen LogP contribution in [0.4, 0.5) is 4.39 Å². The van der Waals surface area contributed by atoms with Gasteiger partial charge in [0.1, 0.15) is 5.82 Å². The third kappa shape index (κ3) is 1.84. The molecule has 2 heterocycles. The lowest BCUT2D eigenvalue weighted by atomic mass is 10.2. The van der Waals surface area contributed by atoms with Crippen LogP contribution in [0, 0.1) is 5.82 Å². The SMILES string of the molecule is Cn1c(CN2CCCC2)cc2c(F)cccc21. The molecule has 1 aliphatic heterocycles. The van der Waals surface area contributed by atoms with E-state index in [2.05, 4.69) is 9.47 Å². The molecular formula is C14H17FN2. The summed E-state index contributed by atoms with van der Waals surface area (Å²) in [6.45, 7) is 3.28. The number of likely N-dealkylation sites (tertiary alicyclic amines) is 1. The smallest absolute Gasteiger partial charge is 0.132 e. The molecule has 1 aliphatic rings. The largest absolute Gasteiger partial charge is 0.346 e. The average molecular weight is 232 g/mol. The van der Waals surface area contributed by atoms with Gasteiger partial charge < -0.3 is 4.57 Å². The van der Waals surface area contributed by atoms with Crippen molar-refractivity contribution in [3.63, 3.8) is 0 Å². The summed E-state index contributed by atoms with van der Waals surface area (Å²) in [6.07, 6.45) is 2.58. The summed E-state index contributed by atoms with van der Waals surface area (Å²) < 4.78 is 15.8. The van der Waals surface area contributed by atoms with Gasteiger partial charge in [-0.1, -0.05) is 6.07 Å². The summed E-state index contributed by atoms with van der Waals surface area (Å²) in [6, 6.07) is 7.27. The minimum absolute atomic E-state index is 0.120. The number of aromatic nitrogens is 1. The summed E-state index contributed by atoms with van der Waals surface area (Å²) in [5.41, 5.74) is 2.19. The maximum atomic E-state index is 13.7. The normalized spacial score (nSPS) is 17.1. The van der Waals surface area contributed by atoms with E-state index in [0.717, 1.165) is 17.4 Å². The van der Waals surface area contributed by atoms with Crippen molar-refractivity contribution in [1.29, 1.82) is 0 Å². The van der Waals surface area contributed by atoms with Crippen LogP contribution in [0.5, 0.6) is 0 Å². The zero-order chi connectivity index (χ0) is 11.8. The van der Waals surface area contributed by atoms with Gasteiger partial charge in [-0.25, -0.2) is 4.39 Å². The Kier molecular flexibility index (Phi) is 2.63. The lowest BCUT2D eigenvalue weighted by Crippen LogP contribution is -2.19. The molecule has 1 fully saturated rings. The molecule has 90 valence electrons. The number of nitrogens with zero attached hydrogens (tertiary/aromatic N) is 2. The van der Waals surface area contributed by atoms with Gasteiger partial charge in [-0.2, -0.15) is 0 Å². The van der Waals surface area contributed by atoms with Gasteiger partial charge in [-0.05, 0) is 44.1 Å². The molecule has 1 saturated heterocycles. The van der Waals surface area contributed by atoms with Gasteiger partial charge in [0.25, 0.3) is 0 Å². The highest BCUT2D eigenvalue weighted by Crippen LogP contribution is 2.23. The molecule has 0 unspecified atom stereocenters. The average Bonchev–Trinajstić information content (AvgIpc) is 2.92. The van der Waals surface area contributed by atoms with Crippen molar-refractivity contribution in [1.82, 2.24) is 9.47 Å². The second kappa shape index (κ2) is 4.15. The van der Waals surface area contributed by atoms with Crippen molar-refractivity contribution < 1.29 is 4.39 Å². The van der Waals surface area contributed by atoms with Gasteiger partial charge in [-0.15, -0.1) is 0 Å². The van der Waals surface area contributed by atoms with Crippen LogP contribution in [0.15, 0.2) is 24.3 Å². The monoisotopic (exact) mass is 232 g/mol. The fourth-order valence-corrected chi connectivity index (χ4v) is 2.70. The number of hydrogen-bond acceptors (Lipinski definition) is 1. The van der Waals surface area contributed by atoms with Gasteiger partial charge in [0.05, 0.1) is 5.52 Å².